The van der Waals surface area contributed by atoms with Crippen molar-refractivity contribution in [2.45, 2.75) is 0 Å². The van der Waals surface area contributed by atoms with Gasteiger partial charge in [0.15, 0.2) is 0 Å². The molecule has 0 saturated carbocycles. The van der Waals surface area contributed by atoms with Gasteiger partial charge in [-0.1, -0.05) is 0 Å². The molecule has 25 heteroatoms. The normalized spacial score (nSPS) is 4.32. The zero-order valence-corrected chi connectivity index (χ0v) is 11.7. The zero-order valence-electron chi connectivity index (χ0n) is 11.7. The van der Waals surface area contributed by atoms with Gasteiger partial charge in [0.2, 0.25) is 0 Å². The third-order valence-electron chi connectivity index (χ3n) is 0. The average molecular weight is 415 g/mol. The SMILES string of the molecule is O.O.O.O.O.O.O.O.OB(O)O.OB(O)O.OB(O)O.OB(O)O.[NaH]. The summed E-state index contributed by atoms with van der Waals surface area (Å²) in [4.78, 5) is 0. The topological polar surface area (TPSA) is 495 Å². The van der Waals surface area contributed by atoms with E-state index in [9.17, 15) is 0 Å². The second-order valence-electron chi connectivity index (χ2n) is 1.39. The number of hydrogen-bond acceptors (Lipinski definition) is 12. The van der Waals surface area contributed by atoms with Crippen LogP contribution in [0.5, 0.6) is 0 Å². The van der Waals surface area contributed by atoms with E-state index < -0.39 is 29.3 Å². The van der Waals surface area contributed by atoms with Crippen LogP contribution in [0.1, 0.15) is 0 Å². The predicted molar refractivity (Wildman–Crippen MR) is 85.7 cm³/mol. The van der Waals surface area contributed by atoms with Gasteiger partial charge >= 0.3 is 58.8 Å². The maximum atomic E-state index is 7.17. The molecule has 0 aliphatic heterocycles. The molecule has 0 amide bonds. The van der Waals surface area contributed by atoms with Crippen LogP contribution in [-0.4, -0.2) is 163 Å². The molecule has 0 heterocycles. The fourth-order valence-electron chi connectivity index (χ4n) is 0. The molecule has 0 aromatic heterocycles. The summed E-state index contributed by atoms with van der Waals surface area (Å²) in [5.41, 5.74) is 0. The molecule has 0 saturated heterocycles. The van der Waals surface area contributed by atoms with E-state index in [1.807, 2.05) is 0 Å². The molecule has 162 valence electrons. The maximum absolute atomic E-state index is 7.17. The Hall–Kier alpha value is 0.460. The van der Waals surface area contributed by atoms with Gasteiger partial charge in [-0.3, -0.25) is 0 Å². The van der Waals surface area contributed by atoms with Crippen LogP contribution >= 0.6 is 0 Å². The van der Waals surface area contributed by atoms with Crippen molar-refractivity contribution < 1.29 is 104 Å². The van der Waals surface area contributed by atoms with E-state index in [-0.39, 0.29) is 73.4 Å². The summed E-state index contributed by atoms with van der Waals surface area (Å²) in [6, 6.07) is 0. The van der Waals surface area contributed by atoms with Crippen molar-refractivity contribution in [3.63, 3.8) is 0 Å². The molecule has 20 nitrogen and oxygen atoms in total. The minimum atomic E-state index is -2.17. The summed E-state index contributed by atoms with van der Waals surface area (Å²) in [6.07, 6.45) is 0. The van der Waals surface area contributed by atoms with Gasteiger partial charge < -0.3 is 104 Å². The molecule has 0 radical (unpaired) electrons. The van der Waals surface area contributed by atoms with E-state index in [0.717, 1.165) is 0 Å². The van der Waals surface area contributed by atoms with Crippen molar-refractivity contribution in [1.29, 1.82) is 0 Å². The molecule has 0 spiro atoms. The molecule has 0 aliphatic rings. The molecular weight excluding hydrogens is 386 g/mol. The van der Waals surface area contributed by atoms with Crippen LogP contribution in [0.4, 0.5) is 0 Å². The van der Waals surface area contributed by atoms with Gasteiger partial charge in [-0.15, -0.1) is 0 Å². The second kappa shape index (κ2) is 86.7. The first-order chi connectivity index (χ1) is 6.93. The molecule has 0 aliphatic carbocycles. The van der Waals surface area contributed by atoms with Gasteiger partial charge in [0.25, 0.3) is 0 Å². The quantitative estimate of drug-likeness (QED) is 0.164. The third-order valence-corrected chi connectivity index (χ3v) is 0. The van der Waals surface area contributed by atoms with E-state index in [1.165, 1.54) is 0 Å². The Bertz CT molecular complexity index is 64.7. The van der Waals surface area contributed by atoms with E-state index >= 15 is 0 Å². The van der Waals surface area contributed by atoms with E-state index in [1.54, 1.807) is 0 Å². The first kappa shape index (κ1) is 98.1. The molecule has 0 bridgehead atoms. The fraction of sp³-hybridized carbons (Fsp3) is 0. The summed E-state index contributed by atoms with van der Waals surface area (Å²) in [5, 5.41) is 86.0. The van der Waals surface area contributed by atoms with Crippen molar-refractivity contribution in [3.8, 4) is 0 Å². The van der Waals surface area contributed by atoms with Crippen LogP contribution in [0.2, 0.25) is 0 Å². The zero-order chi connectivity index (χ0) is 14.3. The Morgan fingerprint density at radius 1 is 0.240 bits per heavy atom. The Labute approximate surface area is 163 Å². The first-order valence-corrected chi connectivity index (χ1v) is 3.10. The van der Waals surface area contributed by atoms with E-state index in [4.69, 9.17) is 60.3 Å². The van der Waals surface area contributed by atoms with Crippen molar-refractivity contribution in [2.75, 3.05) is 0 Å². The van der Waals surface area contributed by atoms with Gasteiger partial charge in [-0.05, 0) is 0 Å². The molecule has 0 atom stereocenters. The van der Waals surface area contributed by atoms with E-state index in [0.29, 0.717) is 0 Å². The monoisotopic (exact) mass is 416 g/mol. The number of hydrogen-bond donors (Lipinski definition) is 12. The molecule has 25 heavy (non-hydrogen) atoms. The van der Waals surface area contributed by atoms with Gasteiger partial charge in [0, 0.05) is 0 Å². The average Bonchev–Trinajstić information content (AvgIpc) is 1.76. The van der Waals surface area contributed by atoms with Gasteiger partial charge in [0.05, 0.1) is 0 Å². The van der Waals surface area contributed by atoms with Crippen LogP contribution in [0, 0.1) is 0 Å². The summed E-state index contributed by atoms with van der Waals surface area (Å²) >= 11 is 0. The van der Waals surface area contributed by atoms with Crippen molar-refractivity contribution in [2.24, 2.45) is 0 Å². The fourth-order valence-corrected chi connectivity index (χ4v) is 0. The van der Waals surface area contributed by atoms with Crippen LogP contribution in [0.3, 0.4) is 0 Å². The van der Waals surface area contributed by atoms with Gasteiger partial charge in [-0.25, -0.2) is 0 Å². The first-order valence-electron chi connectivity index (χ1n) is 3.10. The Morgan fingerprint density at radius 3 is 0.240 bits per heavy atom. The van der Waals surface area contributed by atoms with Crippen LogP contribution in [-0.2, 0) is 0 Å². The predicted octanol–water partition coefficient (Wildman–Crippen LogP) is -15.5. The molecule has 0 aromatic carbocycles. The Kier molecular flexibility index (Phi) is 340. The third kappa shape index (κ3) is 58400. The van der Waals surface area contributed by atoms with E-state index in [2.05, 4.69) is 0 Å². The molecule has 0 rings (SSSR count). The summed E-state index contributed by atoms with van der Waals surface area (Å²) in [7, 11) is -8.67. The summed E-state index contributed by atoms with van der Waals surface area (Å²) in [5.74, 6) is 0. The Morgan fingerprint density at radius 2 is 0.240 bits per heavy atom. The number of rotatable bonds is 0. The molecule has 0 aromatic rings. The van der Waals surface area contributed by atoms with Gasteiger partial charge in [0.1, 0.15) is 0 Å². The van der Waals surface area contributed by atoms with Crippen LogP contribution < -0.4 is 0 Å². The summed E-state index contributed by atoms with van der Waals surface area (Å²) < 4.78 is 0. The molecular formula is H29B4NaO20. The van der Waals surface area contributed by atoms with Gasteiger partial charge in [-0.2, -0.15) is 0 Å². The Balaban J connectivity index is -0.00000000623. The second-order valence-corrected chi connectivity index (χ2v) is 1.39. The molecule has 28 N–H and O–H groups in total. The standard InChI is InChI=1S/4BH3O3.Na.8H2O.H/c4*2-1(3)4;;;;;;;;;;/h4*2-4H;;8*1H2;. The minimum absolute atomic E-state index is 0. The molecule has 0 unspecified atom stereocenters. The van der Waals surface area contributed by atoms with Crippen molar-refractivity contribution >= 4 is 58.8 Å². The van der Waals surface area contributed by atoms with Crippen molar-refractivity contribution in [1.82, 2.24) is 0 Å². The van der Waals surface area contributed by atoms with Crippen LogP contribution in [0.25, 0.3) is 0 Å². The summed E-state index contributed by atoms with van der Waals surface area (Å²) in [6.45, 7) is 0. The van der Waals surface area contributed by atoms with Crippen molar-refractivity contribution in [3.05, 3.63) is 0 Å². The van der Waals surface area contributed by atoms with Crippen LogP contribution in [0.15, 0.2) is 0 Å². The molecule has 0 fully saturated rings.